The second kappa shape index (κ2) is 8.60. The quantitative estimate of drug-likeness (QED) is 0.383. The van der Waals surface area contributed by atoms with Crippen LogP contribution in [0.3, 0.4) is 0 Å². The highest BCUT2D eigenvalue weighted by atomic mass is 32.1. The third-order valence-electron chi connectivity index (χ3n) is 4.90. The number of carbonyl (C=O) groups is 2. The normalized spacial score (nSPS) is 11.1. The molecule has 0 spiro atoms. The predicted octanol–water partition coefficient (Wildman–Crippen LogP) is 5.00. The van der Waals surface area contributed by atoms with Gasteiger partial charge >= 0.3 is 5.97 Å². The number of thiazole rings is 1. The fourth-order valence-corrected chi connectivity index (χ4v) is 5.18. The molecule has 0 aliphatic heterocycles. The molecular formula is C22H22N4O3S2. The molecule has 1 amide bonds. The van der Waals surface area contributed by atoms with E-state index in [0.717, 1.165) is 28.0 Å². The van der Waals surface area contributed by atoms with Crippen LogP contribution >= 0.6 is 22.7 Å². The summed E-state index contributed by atoms with van der Waals surface area (Å²) in [6, 6.07) is 9.65. The second-order valence-electron chi connectivity index (χ2n) is 7.11. The topological polar surface area (TPSA) is 77.3 Å². The number of thiophene rings is 1. The molecule has 0 saturated carbocycles. The SMILES string of the molecule is CCc1ccc(N(C(C)=O)c2nc(COC(=O)c3cc4c(C)nn(C)c4s3)cs2)cc1. The standard InChI is InChI=1S/C22H22N4O3S2/c1-5-15-6-8-17(9-7-15)26(14(3)27)22-23-16(12-30-22)11-29-21(28)19-10-18-13(2)24-25(4)20(18)31-19/h6-10,12H,5,11H2,1-4H3. The Morgan fingerprint density at radius 1 is 1.23 bits per heavy atom. The zero-order valence-electron chi connectivity index (χ0n) is 17.7. The number of rotatable bonds is 6. The van der Waals surface area contributed by atoms with Crippen molar-refractivity contribution < 1.29 is 14.3 Å². The molecule has 0 atom stereocenters. The van der Waals surface area contributed by atoms with Crippen molar-refractivity contribution in [1.29, 1.82) is 0 Å². The molecule has 3 heterocycles. The summed E-state index contributed by atoms with van der Waals surface area (Å²) in [5, 5.41) is 7.66. The number of nitrogens with zero attached hydrogens (tertiary/aromatic N) is 4. The van der Waals surface area contributed by atoms with Gasteiger partial charge in [-0.1, -0.05) is 19.1 Å². The minimum Gasteiger partial charge on any atom is -0.455 e. The first kappa shape index (κ1) is 21.2. The monoisotopic (exact) mass is 454 g/mol. The van der Waals surface area contributed by atoms with Gasteiger partial charge in [0.05, 0.1) is 17.1 Å². The minimum absolute atomic E-state index is 0.0430. The van der Waals surface area contributed by atoms with Crippen LogP contribution in [0.1, 0.15) is 40.5 Å². The van der Waals surface area contributed by atoms with Gasteiger partial charge < -0.3 is 4.74 Å². The summed E-state index contributed by atoms with van der Waals surface area (Å²) in [7, 11) is 1.86. The van der Waals surface area contributed by atoms with E-state index in [1.54, 1.807) is 15.0 Å². The first-order chi connectivity index (χ1) is 14.9. The van der Waals surface area contributed by atoms with Crippen LogP contribution in [0.15, 0.2) is 35.7 Å². The third-order valence-corrected chi connectivity index (χ3v) is 6.95. The molecule has 4 aromatic rings. The number of hydrogen-bond donors (Lipinski definition) is 0. The van der Waals surface area contributed by atoms with Gasteiger partial charge in [0, 0.05) is 24.7 Å². The number of ether oxygens (including phenoxy) is 1. The number of aromatic nitrogens is 3. The van der Waals surface area contributed by atoms with Crippen molar-refractivity contribution in [2.75, 3.05) is 4.90 Å². The van der Waals surface area contributed by atoms with E-state index in [2.05, 4.69) is 17.0 Å². The molecule has 3 aromatic heterocycles. The fourth-order valence-electron chi connectivity index (χ4n) is 3.29. The lowest BCUT2D eigenvalue weighted by Gasteiger charge is -2.18. The lowest BCUT2D eigenvalue weighted by Crippen LogP contribution is -2.22. The Labute approximate surface area is 187 Å². The molecule has 0 saturated heterocycles. The van der Waals surface area contributed by atoms with Gasteiger partial charge in [0.25, 0.3) is 0 Å². The molecule has 160 valence electrons. The Balaban J connectivity index is 1.47. The molecule has 7 nitrogen and oxygen atoms in total. The van der Waals surface area contributed by atoms with Gasteiger partial charge in [-0.25, -0.2) is 9.78 Å². The maximum absolute atomic E-state index is 12.5. The van der Waals surface area contributed by atoms with Crippen LogP contribution in [0.25, 0.3) is 10.2 Å². The number of amides is 1. The molecule has 1 aromatic carbocycles. The molecule has 0 radical (unpaired) electrons. The van der Waals surface area contributed by atoms with Crippen molar-refractivity contribution in [3.8, 4) is 0 Å². The van der Waals surface area contributed by atoms with Crippen molar-refractivity contribution in [2.45, 2.75) is 33.8 Å². The van der Waals surface area contributed by atoms with E-state index in [0.29, 0.717) is 15.7 Å². The van der Waals surface area contributed by atoms with Crippen molar-refractivity contribution in [2.24, 2.45) is 7.05 Å². The molecule has 0 aliphatic carbocycles. The maximum Gasteiger partial charge on any atom is 0.348 e. The Morgan fingerprint density at radius 3 is 2.61 bits per heavy atom. The van der Waals surface area contributed by atoms with Crippen molar-refractivity contribution in [3.05, 3.63) is 57.5 Å². The number of hydrogen-bond acceptors (Lipinski definition) is 7. The number of benzene rings is 1. The van der Waals surface area contributed by atoms with Crippen molar-refractivity contribution in [3.63, 3.8) is 0 Å². The largest absolute Gasteiger partial charge is 0.455 e. The van der Waals surface area contributed by atoms with E-state index in [4.69, 9.17) is 4.74 Å². The van der Waals surface area contributed by atoms with Crippen LogP contribution in [-0.4, -0.2) is 26.6 Å². The van der Waals surface area contributed by atoms with Gasteiger partial charge in [-0.2, -0.15) is 5.10 Å². The summed E-state index contributed by atoms with van der Waals surface area (Å²) in [5.74, 6) is -0.523. The van der Waals surface area contributed by atoms with Gasteiger partial charge in [0.15, 0.2) is 5.13 Å². The van der Waals surface area contributed by atoms with Crippen LogP contribution in [-0.2, 0) is 29.6 Å². The van der Waals surface area contributed by atoms with Crippen LogP contribution in [0.2, 0.25) is 0 Å². The van der Waals surface area contributed by atoms with Crippen LogP contribution in [0.4, 0.5) is 10.8 Å². The van der Waals surface area contributed by atoms with E-state index >= 15 is 0 Å². The number of esters is 1. The summed E-state index contributed by atoms with van der Waals surface area (Å²) in [4.78, 5) is 32.3. The van der Waals surface area contributed by atoms with Crippen molar-refractivity contribution in [1.82, 2.24) is 14.8 Å². The average molecular weight is 455 g/mol. The van der Waals surface area contributed by atoms with Gasteiger partial charge in [0.1, 0.15) is 16.3 Å². The van der Waals surface area contributed by atoms with E-state index in [9.17, 15) is 9.59 Å². The molecular weight excluding hydrogens is 432 g/mol. The number of anilines is 2. The van der Waals surface area contributed by atoms with Gasteiger partial charge in [-0.15, -0.1) is 22.7 Å². The van der Waals surface area contributed by atoms with Crippen LogP contribution in [0, 0.1) is 6.92 Å². The number of carbonyl (C=O) groups excluding carboxylic acids is 2. The summed E-state index contributed by atoms with van der Waals surface area (Å²) in [6.45, 7) is 5.55. The highest BCUT2D eigenvalue weighted by Gasteiger charge is 2.20. The molecule has 4 rings (SSSR count). The van der Waals surface area contributed by atoms with E-state index in [-0.39, 0.29) is 12.5 Å². The number of fused-ring (bicyclic) bond motifs is 1. The smallest absolute Gasteiger partial charge is 0.348 e. The molecule has 0 aliphatic rings. The zero-order valence-corrected chi connectivity index (χ0v) is 19.3. The predicted molar refractivity (Wildman–Crippen MR) is 123 cm³/mol. The first-order valence-corrected chi connectivity index (χ1v) is 11.5. The highest BCUT2D eigenvalue weighted by Crippen LogP contribution is 2.30. The molecule has 0 unspecified atom stereocenters. The lowest BCUT2D eigenvalue weighted by atomic mass is 10.1. The molecule has 0 N–H and O–H groups in total. The van der Waals surface area contributed by atoms with Gasteiger partial charge in [-0.3, -0.25) is 14.4 Å². The van der Waals surface area contributed by atoms with Crippen LogP contribution < -0.4 is 4.90 Å². The van der Waals surface area contributed by atoms with E-state index in [1.165, 1.54) is 35.2 Å². The summed E-state index contributed by atoms with van der Waals surface area (Å²) in [5.41, 5.74) is 3.44. The maximum atomic E-state index is 12.5. The Bertz CT molecular complexity index is 1220. The Kier molecular flexibility index (Phi) is 5.88. The molecule has 31 heavy (non-hydrogen) atoms. The Hall–Kier alpha value is -3.04. The summed E-state index contributed by atoms with van der Waals surface area (Å²) < 4.78 is 7.23. The fraction of sp³-hybridized carbons (Fsp3) is 0.273. The lowest BCUT2D eigenvalue weighted by molar-refractivity contribution is -0.115. The first-order valence-electron chi connectivity index (χ1n) is 9.81. The molecule has 0 bridgehead atoms. The highest BCUT2D eigenvalue weighted by molar-refractivity contribution is 7.20. The van der Waals surface area contributed by atoms with Gasteiger partial charge in [-0.05, 0) is 37.1 Å². The minimum atomic E-state index is -0.395. The Morgan fingerprint density at radius 2 is 1.97 bits per heavy atom. The average Bonchev–Trinajstić information content (AvgIpc) is 3.45. The second-order valence-corrected chi connectivity index (χ2v) is 8.98. The summed E-state index contributed by atoms with van der Waals surface area (Å²) in [6.07, 6.45) is 0.934. The third kappa shape index (κ3) is 4.24. The molecule has 0 fully saturated rings. The van der Waals surface area contributed by atoms with Crippen LogP contribution in [0.5, 0.6) is 0 Å². The van der Waals surface area contributed by atoms with E-state index < -0.39 is 5.97 Å². The zero-order chi connectivity index (χ0) is 22.1. The van der Waals surface area contributed by atoms with Gasteiger partial charge in [0.2, 0.25) is 5.91 Å². The molecule has 9 heteroatoms. The summed E-state index contributed by atoms with van der Waals surface area (Å²) >= 11 is 2.70. The van der Waals surface area contributed by atoms with Crippen molar-refractivity contribution >= 4 is 55.6 Å². The van der Waals surface area contributed by atoms with E-state index in [1.807, 2.05) is 44.3 Å². The number of aryl methyl sites for hydroxylation is 3.